The lowest BCUT2D eigenvalue weighted by Gasteiger charge is -2.08. The van der Waals surface area contributed by atoms with Crippen molar-refractivity contribution in [3.63, 3.8) is 0 Å². The number of benzene rings is 1. The molecule has 1 aromatic heterocycles. The molecule has 5 heteroatoms. The summed E-state index contributed by atoms with van der Waals surface area (Å²) >= 11 is 5.85. The average Bonchev–Trinajstić information content (AvgIpc) is 2.53. The number of nitriles is 1. The van der Waals surface area contributed by atoms with Crippen molar-refractivity contribution in [2.75, 3.05) is 17.2 Å². The zero-order valence-corrected chi connectivity index (χ0v) is 12.6. The third kappa shape index (κ3) is 4.37. The van der Waals surface area contributed by atoms with Gasteiger partial charge in [-0.2, -0.15) is 5.26 Å². The Bertz CT molecular complexity index is 632. The monoisotopic (exact) mass is 300 g/mol. The van der Waals surface area contributed by atoms with E-state index in [-0.39, 0.29) is 5.69 Å². The van der Waals surface area contributed by atoms with Crippen LogP contribution in [0.4, 0.5) is 11.5 Å². The first-order chi connectivity index (χ1) is 10.2. The fraction of sp³-hybridized carbons (Fsp3) is 0.250. The van der Waals surface area contributed by atoms with Gasteiger partial charge in [-0.1, -0.05) is 30.7 Å². The molecule has 0 aliphatic rings. The van der Waals surface area contributed by atoms with Gasteiger partial charge in [-0.05, 0) is 36.2 Å². The topological polar surface area (TPSA) is 60.7 Å². The summed E-state index contributed by atoms with van der Waals surface area (Å²) in [6, 6.07) is 13.6. The molecule has 2 N–H and O–H groups in total. The molecule has 1 aromatic carbocycles. The molecule has 1 heterocycles. The molecule has 2 aromatic rings. The molecule has 108 valence electrons. The Morgan fingerprint density at radius 1 is 1.14 bits per heavy atom. The molecule has 0 fully saturated rings. The number of aromatic nitrogens is 1. The van der Waals surface area contributed by atoms with E-state index < -0.39 is 0 Å². The SMILES string of the molecule is CCCNc1ccc(CNc2ccc(Cl)c(C#N)n2)cc1. The lowest BCUT2D eigenvalue weighted by atomic mass is 10.2. The van der Waals surface area contributed by atoms with Crippen molar-refractivity contribution in [2.45, 2.75) is 19.9 Å². The summed E-state index contributed by atoms with van der Waals surface area (Å²) in [7, 11) is 0. The van der Waals surface area contributed by atoms with Crippen LogP contribution in [0, 0.1) is 11.3 Å². The summed E-state index contributed by atoms with van der Waals surface area (Å²) < 4.78 is 0. The summed E-state index contributed by atoms with van der Waals surface area (Å²) in [5.41, 5.74) is 2.50. The first-order valence-electron chi connectivity index (χ1n) is 6.86. The summed E-state index contributed by atoms with van der Waals surface area (Å²) in [5.74, 6) is 0.643. The minimum Gasteiger partial charge on any atom is -0.385 e. The van der Waals surface area contributed by atoms with Gasteiger partial charge in [0.2, 0.25) is 0 Å². The Hall–Kier alpha value is -2.25. The molecule has 0 spiro atoms. The van der Waals surface area contributed by atoms with Crippen molar-refractivity contribution in [3.8, 4) is 6.07 Å². The highest BCUT2D eigenvalue weighted by atomic mass is 35.5. The maximum absolute atomic E-state index is 8.90. The zero-order chi connectivity index (χ0) is 15.1. The van der Waals surface area contributed by atoms with Gasteiger partial charge in [-0.15, -0.1) is 0 Å². The molecule has 0 saturated carbocycles. The predicted octanol–water partition coefficient (Wildman–Crippen LogP) is 4.04. The molecule has 21 heavy (non-hydrogen) atoms. The summed E-state index contributed by atoms with van der Waals surface area (Å²) in [6.07, 6.45) is 1.10. The second kappa shape index (κ2) is 7.51. The van der Waals surface area contributed by atoms with E-state index in [0.717, 1.165) is 24.2 Å². The first kappa shape index (κ1) is 15.1. The van der Waals surface area contributed by atoms with E-state index >= 15 is 0 Å². The smallest absolute Gasteiger partial charge is 0.161 e. The van der Waals surface area contributed by atoms with E-state index in [2.05, 4.69) is 46.8 Å². The standard InChI is InChI=1S/C16H17ClN4/c1-2-9-19-13-5-3-12(4-6-13)11-20-16-8-7-14(17)15(10-18)21-16/h3-8,19H,2,9,11H2,1H3,(H,20,21). The lowest BCUT2D eigenvalue weighted by molar-refractivity contribution is 0.979. The van der Waals surface area contributed by atoms with Gasteiger partial charge in [0.15, 0.2) is 5.69 Å². The van der Waals surface area contributed by atoms with Crippen LogP contribution in [0.25, 0.3) is 0 Å². The number of nitrogens with zero attached hydrogens (tertiary/aromatic N) is 2. The molecule has 0 aliphatic heterocycles. The highest BCUT2D eigenvalue weighted by Crippen LogP contribution is 2.16. The van der Waals surface area contributed by atoms with Gasteiger partial charge in [0.1, 0.15) is 11.9 Å². The van der Waals surface area contributed by atoms with E-state index in [1.165, 1.54) is 0 Å². The van der Waals surface area contributed by atoms with Crippen LogP contribution in [0.2, 0.25) is 5.02 Å². The molecule has 0 radical (unpaired) electrons. The Kier molecular flexibility index (Phi) is 5.42. The molecule has 2 rings (SSSR count). The van der Waals surface area contributed by atoms with Crippen LogP contribution in [-0.4, -0.2) is 11.5 Å². The van der Waals surface area contributed by atoms with Gasteiger partial charge in [-0.3, -0.25) is 0 Å². The van der Waals surface area contributed by atoms with E-state index in [0.29, 0.717) is 17.4 Å². The molecular formula is C16H17ClN4. The van der Waals surface area contributed by atoms with Gasteiger partial charge < -0.3 is 10.6 Å². The number of nitrogens with one attached hydrogen (secondary N) is 2. The van der Waals surface area contributed by atoms with Crippen LogP contribution in [0.1, 0.15) is 24.6 Å². The van der Waals surface area contributed by atoms with Crippen molar-refractivity contribution in [1.29, 1.82) is 5.26 Å². The highest BCUT2D eigenvalue weighted by Gasteiger charge is 2.03. The minimum absolute atomic E-state index is 0.237. The van der Waals surface area contributed by atoms with Gasteiger partial charge in [0, 0.05) is 18.8 Å². The average molecular weight is 301 g/mol. The van der Waals surface area contributed by atoms with Crippen LogP contribution >= 0.6 is 11.6 Å². The summed E-state index contributed by atoms with van der Waals surface area (Å²) in [5, 5.41) is 15.8. The molecule has 0 saturated heterocycles. The van der Waals surface area contributed by atoms with Gasteiger partial charge in [-0.25, -0.2) is 4.98 Å². The summed E-state index contributed by atoms with van der Waals surface area (Å²) in [6.45, 7) is 3.76. The minimum atomic E-state index is 0.237. The quantitative estimate of drug-likeness (QED) is 0.845. The van der Waals surface area contributed by atoms with Crippen LogP contribution in [0.5, 0.6) is 0 Å². The van der Waals surface area contributed by atoms with Crippen LogP contribution in [0.15, 0.2) is 36.4 Å². The van der Waals surface area contributed by atoms with E-state index in [4.69, 9.17) is 16.9 Å². The van der Waals surface area contributed by atoms with E-state index in [9.17, 15) is 0 Å². The third-order valence-electron chi connectivity index (χ3n) is 2.96. The fourth-order valence-corrected chi connectivity index (χ4v) is 1.97. The summed E-state index contributed by atoms with van der Waals surface area (Å²) in [4.78, 5) is 4.15. The third-order valence-corrected chi connectivity index (χ3v) is 3.26. The second-order valence-corrected chi connectivity index (χ2v) is 5.02. The van der Waals surface area contributed by atoms with Gasteiger partial charge >= 0.3 is 0 Å². The Morgan fingerprint density at radius 3 is 2.57 bits per heavy atom. The number of hydrogen-bond donors (Lipinski definition) is 2. The van der Waals surface area contributed by atoms with Crippen molar-refractivity contribution in [3.05, 3.63) is 52.7 Å². The maximum atomic E-state index is 8.90. The van der Waals surface area contributed by atoms with Crippen molar-refractivity contribution < 1.29 is 0 Å². The van der Waals surface area contributed by atoms with Gasteiger partial charge in [0.05, 0.1) is 5.02 Å². The van der Waals surface area contributed by atoms with Crippen molar-refractivity contribution in [2.24, 2.45) is 0 Å². The Labute approximate surface area is 129 Å². The van der Waals surface area contributed by atoms with E-state index in [1.807, 2.05) is 6.07 Å². The highest BCUT2D eigenvalue weighted by molar-refractivity contribution is 6.31. The maximum Gasteiger partial charge on any atom is 0.161 e. The molecule has 4 nitrogen and oxygen atoms in total. The van der Waals surface area contributed by atoms with E-state index in [1.54, 1.807) is 12.1 Å². The van der Waals surface area contributed by atoms with Crippen LogP contribution < -0.4 is 10.6 Å². The first-order valence-corrected chi connectivity index (χ1v) is 7.24. The number of rotatable bonds is 6. The fourth-order valence-electron chi connectivity index (χ4n) is 1.82. The van der Waals surface area contributed by atoms with Crippen molar-refractivity contribution in [1.82, 2.24) is 4.98 Å². The molecule has 0 amide bonds. The zero-order valence-electron chi connectivity index (χ0n) is 11.9. The molecule has 0 aliphatic carbocycles. The second-order valence-electron chi connectivity index (χ2n) is 4.62. The normalized spacial score (nSPS) is 9.95. The molecule has 0 atom stereocenters. The lowest BCUT2D eigenvalue weighted by Crippen LogP contribution is -2.03. The van der Waals surface area contributed by atoms with Gasteiger partial charge in [0.25, 0.3) is 0 Å². The number of halogens is 1. The Balaban J connectivity index is 1.95. The molecule has 0 bridgehead atoms. The molecule has 0 unspecified atom stereocenters. The van der Waals surface area contributed by atoms with Crippen LogP contribution in [-0.2, 0) is 6.54 Å². The van der Waals surface area contributed by atoms with Crippen molar-refractivity contribution >= 4 is 23.1 Å². The molecular weight excluding hydrogens is 284 g/mol. The number of pyridine rings is 1. The Morgan fingerprint density at radius 2 is 1.90 bits per heavy atom. The number of hydrogen-bond acceptors (Lipinski definition) is 4. The predicted molar refractivity (Wildman–Crippen MR) is 86.5 cm³/mol. The number of anilines is 2. The van der Waals surface area contributed by atoms with Crippen LogP contribution in [0.3, 0.4) is 0 Å². The largest absolute Gasteiger partial charge is 0.385 e.